The number of benzene rings is 1. The molecule has 0 atom stereocenters. The number of aliphatic carboxylic acids is 1. The topological polar surface area (TPSA) is 118 Å². The van der Waals surface area contributed by atoms with Crippen molar-refractivity contribution in [1.82, 2.24) is 25.2 Å². The summed E-state index contributed by atoms with van der Waals surface area (Å²) in [4.78, 5) is 21.6. The Morgan fingerprint density at radius 2 is 1.90 bits per heavy atom. The lowest BCUT2D eigenvalue weighted by Gasteiger charge is -2.36. The van der Waals surface area contributed by atoms with Crippen LogP contribution in [0.15, 0.2) is 63.8 Å². The minimum Gasteiger partial charge on any atom is -0.481 e. The Balaban J connectivity index is 1.27. The average molecular weight is 403 g/mol. The fraction of sp³-hybridized carbons (Fsp3) is 0.190. The monoisotopic (exact) mass is 403 g/mol. The van der Waals surface area contributed by atoms with Crippen LogP contribution in [0, 0.1) is 5.92 Å². The Bertz CT molecular complexity index is 1160. The summed E-state index contributed by atoms with van der Waals surface area (Å²) in [5, 5.41) is 17.0. The Kier molecular flexibility index (Phi) is 4.56. The number of hydrogen-bond donors (Lipinski definition) is 1. The number of carboxylic acid groups (broad SMARTS) is 1. The van der Waals surface area contributed by atoms with Gasteiger partial charge >= 0.3 is 5.97 Å². The number of rotatable bonds is 6. The zero-order valence-electron chi connectivity index (χ0n) is 15.8. The van der Waals surface area contributed by atoms with Crippen LogP contribution in [0.2, 0.25) is 0 Å². The zero-order valence-corrected chi connectivity index (χ0v) is 15.8. The number of carboxylic acids is 1. The fourth-order valence-electron chi connectivity index (χ4n) is 3.32. The van der Waals surface area contributed by atoms with Crippen molar-refractivity contribution >= 4 is 5.97 Å². The summed E-state index contributed by atoms with van der Waals surface area (Å²) in [6.45, 7) is 1.89. The third-order valence-corrected chi connectivity index (χ3v) is 5.00. The van der Waals surface area contributed by atoms with Crippen molar-refractivity contribution in [3.8, 4) is 34.4 Å². The second-order valence-corrected chi connectivity index (χ2v) is 7.14. The van der Waals surface area contributed by atoms with E-state index in [9.17, 15) is 4.79 Å². The summed E-state index contributed by atoms with van der Waals surface area (Å²) >= 11 is 0. The molecule has 1 saturated heterocycles. The van der Waals surface area contributed by atoms with E-state index < -0.39 is 5.97 Å². The van der Waals surface area contributed by atoms with Gasteiger partial charge in [-0.3, -0.25) is 14.7 Å². The van der Waals surface area contributed by atoms with Gasteiger partial charge in [-0.25, -0.2) is 0 Å². The maximum absolute atomic E-state index is 10.9. The van der Waals surface area contributed by atoms with Crippen molar-refractivity contribution in [2.24, 2.45) is 5.92 Å². The normalized spacial score (nSPS) is 14.5. The first-order chi connectivity index (χ1) is 14.7. The lowest BCUT2D eigenvalue weighted by Crippen LogP contribution is -2.49. The Morgan fingerprint density at radius 1 is 1.07 bits per heavy atom. The van der Waals surface area contributed by atoms with Crippen LogP contribution in [0.25, 0.3) is 34.4 Å². The predicted molar refractivity (Wildman–Crippen MR) is 105 cm³/mol. The highest BCUT2D eigenvalue weighted by Gasteiger charge is 2.32. The summed E-state index contributed by atoms with van der Waals surface area (Å²) in [5.74, 6) is 0.0767. The van der Waals surface area contributed by atoms with Gasteiger partial charge < -0.3 is 14.2 Å². The molecule has 4 aromatic rings. The zero-order chi connectivity index (χ0) is 20.5. The first-order valence-electron chi connectivity index (χ1n) is 9.42. The first-order valence-corrected chi connectivity index (χ1v) is 9.42. The number of likely N-dealkylation sites (tertiary alicyclic amines) is 1. The van der Waals surface area contributed by atoms with Crippen LogP contribution in [0.1, 0.15) is 5.56 Å². The molecule has 0 radical (unpaired) electrons. The number of carbonyl (C=O) groups is 1. The van der Waals surface area contributed by atoms with Crippen molar-refractivity contribution in [3.63, 3.8) is 0 Å². The highest BCUT2D eigenvalue weighted by Crippen LogP contribution is 2.26. The molecule has 0 bridgehead atoms. The van der Waals surface area contributed by atoms with Crippen molar-refractivity contribution < 1.29 is 18.9 Å². The molecule has 4 heterocycles. The van der Waals surface area contributed by atoms with E-state index in [1.54, 1.807) is 12.3 Å². The van der Waals surface area contributed by atoms with E-state index in [1.807, 2.05) is 42.5 Å². The summed E-state index contributed by atoms with van der Waals surface area (Å²) in [6.07, 6.45) is 1.69. The summed E-state index contributed by atoms with van der Waals surface area (Å²) in [5.41, 5.74) is 3.19. The van der Waals surface area contributed by atoms with Crippen LogP contribution in [-0.4, -0.2) is 49.3 Å². The molecule has 0 saturated carbocycles. The molecule has 1 N–H and O–H groups in total. The largest absolute Gasteiger partial charge is 0.481 e. The van der Waals surface area contributed by atoms with E-state index in [1.165, 1.54) is 0 Å². The van der Waals surface area contributed by atoms with Crippen molar-refractivity contribution in [1.29, 1.82) is 0 Å². The molecule has 1 aliphatic heterocycles. The molecule has 1 aliphatic rings. The van der Waals surface area contributed by atoms with Gasteiger partial charge in [0.2, 0.25) is 11.6 Å². The molecule has 150 valence electrons. The molecular weight excluding hydrogens is 386 g/mol. The van der Waals surface area contributed by atoms with E-state index in [0.717, 1.165) is 17.7 Å². The van der Waals surface area contributed by atoms with Gasteiger partial charge in [-0.05, 0) is 17.7 Å². The molecule has 1 fully saturated rings. The molecule has 0 amide bonds. The molecule has 0 unspecified atom stereocenters. The minimum absolute atomic E-state index is 0.240. The number of nitrogens with zero attached hydrogens (tertiary/aromatic N) is 5. The van der Waals surface area contributed by atoms with Gasteiger partial charge in [-0.1, -0.05) is 40.6 Å². The minimum atomic E-state index is -0.728. The van der Waals surface area contributed by atoms with Crippen molar-refractivity contribution in [3.05, 3.63) is 60.3 Å². The van der Waals surface area contributed by atoms with E-state index >= 15 is 0 Å². The third-order valence-electron chi connectivity index (χ3n) is 5.00. The summed E-state index contributed by atoms with van der Waals surface area (Å²) < 4.78 is 10.7. The van der Waals surface area contributed by atoms with E-state index in [2.05, 4.69) is 25.2 Å². The fourth-order valence-corrected chi connectivity index (χ4v) is 3.32. The highest BCUT2D eigenvalue weighted by molar-refractivity contribution is 5.71. The van der Waals surface area contributed by atoms with Gasteiger partial charge in [0.15, 0.2) is 0 Å². The molecule has 30 heavy (non-hydrogen) atoms. The lowest BCUT2D eigenvalue weighted by atomic mass is 9.99. The second-order valence-electron chi connectivity index (χ2n) is 7.14. The maximum Gasteiger partial charge on any atom is 0.309 e. The van der Waals surface area contributed by atoms with Crippen LogP contribution < -0.4 is 0 Å². The Morgan fingerprint density at radius 3 is 2.63 bits per heavy atom. The quantitative estimate of drug-likeness (QED) is 0.518. The number of pyridine rings is 1. The molecular formula is C21H17N5O4. The summed E-state index contributed by atoms with van der Waals surface area (Å²) in [7, 11) is 0. The van der Waals surface area contributed by atoms with Crippen LogP contribution in [0.3, 0.4) is 0 Å². The third kappa shape index (κ3) is 3.58. The average Bonchev–Trinajstić information content (AvgIpc) is 3.41. The molecule has 9 nitrogen and oxygen atoms in total. The van der Waals surface area contributed by atoms with Gasteiger partial charge in [0.05, 0.1) is 11.6 Å². The Labute approximate surface area is 171 Å². The summed E-state index contributed by atoms with van der Waals surface area (Å²) in [6, 6.07) is 15.0. The molecule has 9 heteroatoms. The molecule has 5 rings (SSSR count). The molecule has 3 aromatic heterocycles. The molecule has 0 aliphatic carbocycles. The van der Waals surface area contributed by atoms with Crippen molar-refractivity contribution in [2.45, 2.75) is 6.54 Å². The first kappa shape index (κ1) is 18.2. The predicted octanol–water partition coefficient (Wildman–Crippen LogP) is 2.97. The Hall–Kier alpha value is -3.85. The molecule has 0 spiro atoms. The maximum atomic E-state index is 10.9. The van der Waals surface area contributed by atoms with Crippen LogP contribution >= 0.6 is 0 Å². The number of hydrogen-bond acceptors (Lipinski definition) is 8. The van der Waals surface area contributed by atoms with Gasteiger partial charge in [-0.2, -0.15) is 4.98 Å². The lowest BCUT2D eigenvalue weighted by molar-refractivity contribution is -0.147. The van der Waals surface area contributed by atoms with Crippen LogP contribution in [0.4, 0.5) is 0 Å². The standard InChI is InChI=1S/C21H17N5O4/c27-21(28)15-11-26(12-15)10-13-4-6-14(7-5-13)19-23-20(30-25-19)18-9-17(24-29-18)16-3-1-2-8-22-16/h1-9,15H,10-12H2,(H,27,28). The van der Waals surface area contributed by atoms with E-state index in [0.29, 0.717) is 36.1 Å². The van der Waals surface area contributed by atoms with Gasteiger partial charge in [0.25, 0.3) is 5.89 Å². The molecule has 1 aromatic carbocycles. The van der Waals surface area contributed by atoms with Gasteiger partial charge in [0, 0.05) is 37.5 Å². The highest BCUT2D eigenvalue weighted by atomic mass is 16.5. The smallest absolute Gasteiger partial charge is 0.309 e. The van der Waals surface area contributed by atoms with Gasteiger partial charge in [-0.15, -0.1) is 0 Å². The van der Waals surface area contributed by atoms with E-state index in [4.69, 9.17) is 14.2 Å². The second kappa shape index (κ2) is 7.53. The van der Waals surface area contributed by atoms with Gasteiger partial charge in [0.1, 0.15) is 5.69 Å². The SMILES string of the molecule is O=C(O)C1CN(Cc2ccc(-c3noc(-c4cc(-c5ccccn5)no4)n3)cc2)C1. The van der Waals surface area contributed by atoms with E-state index in [-0.39, 0.29) is 11.8 Å². The number of aromatic nitrogens is 4. The van der Waals surface area contributed by atoms with Crippen LogP contribution in [0.5, 0.6) is 0 Å². The van der Waals surface area contributed by atoms with Crippen molar-refractivity contribution in [2.75, 3.05) is 13.1 Å². The van der Waals surface area contributed by atoms with Crippen LogP contribution in [-0.2, 0) is 11.3 Å².